The molecule has 0 aliphatic heterocycles. The Kier molecular flexibility index (Phi) is 4.79. The molecule has 1 aromatic carbocycles. The van der Waals surface area contributed by atoms with E-state index in [4.69, 9.17) is 4.74 Å². The van der Waals surface area contributed by atoms with Crippen LogP contribution < -0.4 is 5.32 Å². The Morgan fingerprint density at radius 3 is 2.50 bits per heavy atom. The molecule has 1 fully saturated rings. The first-order valence-electron chi connectivity index (χ1n) is 6.99. The Labute approximate surface area is 111 Å². The number of benzene rings is 1. The Balaban J connectivity index is 1.80. The molecule has 0 heterocycles. The average Bonchev–Trinajstić information content (AvgIpc) is 2.29. The summed E-state index contributed by atoms with van der Waals surface area (Å²) in [6.07, 6.45) is 2.67. The number of methoxy groups -OCH3 is 1. The molecule has 0 atom stereocenters. The van der Waals surface area contributed by atoms with Gasteiger partial charge in [0.1, 0.15) is 0 Å². The lowest BCUT2D eigenvalue weighted by Crippen LogP contribution is -2.42. The highest BCUT2D eigenvalue weighted by Gasteiger charge is 2.30. The van der Waals surface area contributed by atoms with Gasteiger partial charge in [-0.3, -0.25) is 0 Å². The molecule has 0 amide bonds. The van der Waals surface area contributed by atoms with Crippen LogP contribution in [-0.2, 0) is 17.9 Å². The predicted octanol–water partition coefficient (Wildman–Crippen LogP) is 3.36. The van der Waals surface area contributed by atoms with Crippen LogP contribution in [0.15, 0.2) is 24.3 Å². The van der Waals surface area contributed by atoms with E-state index in [0.29, 0.717) is 12.6 Å². The van der Waals surface area contributed by atoms with Gasteiger partial charge >= 0.3 is 0 Å². The third kappa shape index (κ3) is 3.33. The van der Waals surface area contributed by atoms with Crippen molar-refractivity contribution >= 4 is 0 Å². The van der Waals surface area contributed by atoms with E-state index >= 15 is 0 Å². The Morgan fingerprint density at radius 1 is 1.22 bits per heavy atom. The molecule has 1 saturated carbocycles. The van der Waals surface area contributed by atoms with Crippen molar-refractivity contribution in [2.24, 2.45) is 11.8 Å². The summed E-state index contributed by atoms with van der Waals surface area (Å²) in [5.41, 5.74) is 2.67. The summed E-state index contributed by atoms with van der Waals surface area (Å²) in [5, 5.41) is 3.66. The van der Waals surface area contributed by atoms with Crippen LogP contribution in [0.2, 0.25) is 0 Å². The van der Waals surface area contributed by atoms with Crippen molar-refractivity contribution in [1.82, 2.24) is 5.32 Å². The predicted molar refractivity (Wildman–Crippen MR) is 75.3 cm³/mol. The van der Waals surface area contributed by atoms with Crippen molar-refractivity contribution in [3.63, 3.8) is 0 Å². The van der Waals surface area contributed by atoms with E-state index in [2.05, 4.69) is 43.4 Å². The molecule has 1 aliphatic carbocycles. The SMILES string of the molecule is COCc1ccccc1CNC1CC(C(C)C)C1. The molecule has 1 aliphatic rings. The first-order chi connectivity index (χ1) is 8.70. The van der Waals surface area contributed by atoms with E-state index in [0.717, 1.165) is 18.4 Å². The number of rotatable bonds is 6. The maximum Gasteiger partial charge on any atom is 0.0716 e. The maximum atomic E-state index is 5.24. The van der Waals surface area contributed by atoms with E-state index in [1.165, 1.54) is 24.0 Å². The standard InChI is InChI=1S/C16H25NO/c1-12(2)15-8-16(9-15)17-10-13-6-4-5-7-14(13)11-18-3/h4-7,12,15-17H,8-11H2,1-3H3. The largest absolute Gasteiger partial charge is 0.380 e. The molecule has 0 aromatic heterocycles. The van der Waals surface area contributed by atoms with E-state index in [1.807, 2.05) is 0 Å². The molecule has 2 nitrogen and oxygen atoms in total. The Hall–Kier alpha value is -0.860. The molecule has 0 radical (unpaired) electrons. The molecular formula is C16H25NO. The lowest BCUT2D eigenvalue weighted by molar-refractivity contribution is 0.166. The second-order valence-electron chi connectivity index (χ2n) is 5.76. The molecule has 0 saturated heterocycles. The van der Waals surface area contributed by atoms with E-state index in [1.54, 1.807) is 7.11 Å². The number of hydrogen-bond donors (Lipinski definition) is 1. The Bertz CT molecular complexity index is 369. The summed E-state index contributed by atoms with van der Waals surface area (Å²) in [5.74, 6) is 1.76. The minimum Gasteiger partial charge on any atom is -0.380 e. The van der Waals surface area contributed by atoms with Crippen LogP contribution >= 0.6 is 0 Å². The van der Waals surface area contributed by atoms with Crippen LogP contribution in [0.1, 0.15) is 37.8 Å². The zero-order valence-electron chi connectivity index (χ0n) is 11.8. The number of hydrogen-bond acceptors (Lipinski definition) is 2. The number of ether oxygens (including phenoxy) is 1. The smallest absolute Gasteiger partial charge is 0.0716 e. The summed E-state index contributed by atoms with van der Waals surface area (Å²) < 4.78 is 5.24. The first kappa shape index (κ1) is 13.6. The van der Waals surface area contributed by atoms with Crippen LogP contribution in [0.3, 0.4) is 0 Å². The first-order valence-corrected chi connectivity index (χ1v) is 6.99. The molecular weight excluding hydrogens is 222 g/mol. The fourth-order valence-electron chi connectivity index (χ4n) is 2.65. The van der Waals surface area contributed by atoms with Crippen molar-refractivity contribution in [2.75, 3.05) is 7.11 Å². The van der Waals surface area contributed by atoms with Crippen molar-refractivity contribution < 1.29 is 4.74 Å². The third-order valence-corrected chi connectivity index (χ3v) is 4.12. The fourth-order valence-corrected chi connectivity index (χ4v) is 2.65. The highest BCUT2D eigenvalue weighted by molar-refractivity contribution is 5.26. The van der Waals surface area contributed by atoms with E-state index in [-0.39, 0.29) is 0 Å². The van der Waals surface area contributed by atoms with Crippen LogP contribution in [0.4, 0.5) is 0 Å². The van der Waals surface area contributed by atoms with Crippen molar-refractivity contribution in [1.29, 1.82) is 0 Å². The molecule has 2 heteroatoms. The molecule has 1 N–H and O–H groups in total. The van der Waals surface area contributed by atoms with Gasteiger partial charge in [0.05, 0.1) is 6.61 Å². The molecule has 0 unspecified atom stereocenters. The van der Waals surface area contributed by atoms with Gasteiger partial charge in [-0.15, -0.1) is 0 Å². The second kappa shape index (κ2) is 6.35. The third-order valence-electron chi connectivity index (χ3n) is 4.12. The molecule has 0 spiro atoms. The highest BCUT2D eigenvalue weighted by atomic mass is 16.5. The topological polar surface area (TPSA) is 21.3 Å². The number of nitrogens with one attached hydrogen (secondary N) is 1. The minimum atomic E-state index is 0.705. The van der Waals surface area contributed by atoms with Crippen molar-refractivity contribution in [2.45, 2.75) is 45.9 Å². The zero-order valence-corrected chi connectivity index (χ0v) is 11.8. The highest BCUT2D eigenvalue weighted by Crippen LogP contribution is 2.33. The van der Waals surface area contributed by atoms with Gasteiger partial charge in [-0.05, 0) is 35.8 Å². The normalized spacial score (nSPS) is 23.1. The molecule has 100 valence electrons. The van der Waals surface area contributed by atoms with Gasteiger partial charge in [0.25, 0.3) is 0 Å². The van der Waals surface area contributed by atoms with Gasteiger partial charge in [-0.1, -0.05) is 38.1 Å². The lowest BCUT2D eigenvalue weighted by Gasteiger charge is -2.38. The molecule has 0 bridgehead atoms. The summed E-state index contributed by atoms with van der Waals surface area (Å²) in [6.45, 7) is 6.33. The van der Waals surface area contributed by atoms with E-state index in [9.17, 15) is 0 Å². The summed E-state index contributed by atoms with van der Waals surface area (Å²) >= 11 is 0. The summed E-state index contributed by atoms with van der Waals surface area (Å²) in [4.78, 5) is 0. The lowest BCUT2D eigenvalue weighted by atomic mass is 9.73. The fraction of sp³-hybridized carbons (Fsp3) is 0.625. The zero-order chi connectivity index (χ0) is 13.0. The maximum absolute atomic E-state index is 5.24. The molecule has 18 heavy (non-hydrogen) atoms. The van der Waals surface area contributed by atoms with Crippen LogP contribution in [-0.4, -0.2) is 13.2 Å². The molecule has 2 rings (SSSR count). The van der Waals surface area contributed by atoms with Gasteiger partial charge in [-0.2, -0.15) is 0 Å². The average molecular weight is 247 g/mol. The van der Waals surface area contributed by atoms with Gasteiger partial charge in [0.2, 0.25) is 0 Å². The van der Waals surface area contributed by atoms with Gasteiger partial charge < -0.3 is 10.1 Å². The van der Waals surface area contributed by atoms with Gasteiger partial charge in [-0.25, -0.2) is 0 Å². The summed E-state index contributed by atoms with van der Waals surface area (Å²) in [7, 11) is 1.75. The van der Waals surface area contributed by atoms with Crippen LogP contribution in [0, 0.1) is 11.8 Å². The molecule has 1 aromatic rings. The van der Waals surface area contributed by atoms with Gasteiger partial charge in [0, 0.05) is 19.7 Å². The summed E-state index contributed by atoms with van der Waals surface area (Å²) in [6, 6.07) is 9.25. The van der Waals surface area contributed by atoms with Crippen LogP contribution in [0.25, 0.3) is 0 Å². The quantitative estimate of drug-likeness (QED) is 0.832. The van der Waals surface area contributed by atoms with Crippen molar-refractivity contribution in [3.8, 4) is 0 Å². The van der Waals surface area contributed by atoms with Gasteiger partial charge in [0.15, 0.2) is 0 Å². The second-order valence-corrected chi connectivity index (χ2v) is 5.76. The Morgan fingerprint density at radius 2 is 1.89 bits per heavy atom. The van der Waals surface area contributed by atoms with E-state index < -0.39 is 0 Å². The monoisotopic (exact) mass is 247 g/mol. The minimum absolute atomic E-state index is 0.705. The van der Waals surface area contributed by atoms with Crippen LogP contribution in [0.5, 0.6) is 0 Å². The van der Waals surface area contributed by atoms with Crippen molar-refractivity contribution in [3.05, 3.63) is 35.4 Å².